The van der Waals surface area contributed by atoms with E-state index in [4.69, 9.17) is 25.8 Å². The number of hydrogen-bond donors (Lipinski definition) is 2. The predicted molar refractivity (Wildman–Crippen MR) is 115 cm³/mol. The lowest BCUT2D eigenvalue weighted by molar-refractivity contribution is -0.115. The van der Waals surface area contributed by atoms with E-state index in [1.54, 1.807) is 62.2 Å². The third kappa shape index (κ3) is 4.13. The number of aromatic nitrogens is 1. The first kappa shape index (κ1) is 21.3. The number of halogens is 1. The predicted octanol–water partition coefficient (Wildman–Crippen LogP) is 3.23. The van der Waals surface area contributed by atoms with Crippen molar-refractivity contribution in [2.75, 3.05) is 33.2 Å². The number of fused-ring (bicyclic) bond motifs is 1. The second-order valence-electron chi connectivity index (χ2n) is 6.40. The molecule has 0 fully saturated rings. The van der Waals surface area contributed by atoms with Gasteiger partial charge in [-0.05, 0) is 36.4 Å². The van der Waals surface area contributed by atoms with Gasteiger partial charge in [0.15, 0.2) is 0 Å². The number of ether oxygens (including phenoxy) is 3. The molecule has 0 radical (unpaired) electrons. The first-order chi connectivity index (χ1) is 14.4. The maximum absolute atomic E-state index is 12.7. The van der Waals surface area contributed by atoms with Crippen molar-refractivity contribution in [1.82, 2.24) is 9.88 Å². The molecule has 3 rings (SSSR count). The average Bonchev–Trinajstić information content (AvgIpc) is 3.09. The van der Waals surface area contributed by atoms with Crippen molar-refractivity contribution in [3.8, 4) is 17.2 Å². The van der Waals surface area contributed by atoms with E-state index in [1.807, 2.05) is 0 Å². The second kappa shape index (κ2) is 8.96. The van der Waals surface area contributed by atoms with Gasteiger partial charge in [0.25, 0.3) is 5.91 Å². The zero-order chi connectivity index (χ0) is 21.8. The molecule has 30 heavy (non-hydrogen) atoms. The molecule has 8 nitrogen and oxygen atoms in total. The van der Waals surface area contributed by atoms with E-state index in [0.717, 1.165) is 10.9 Å². The third-order valence-electron chi connectivity index (χ3n) is 4.64. The largest absolute Gasteiger partial charge is 0.496 e. The molecule has 2 aromatic carbocycles. The molecule has 0 spiro atoms. The summed E-state index contributed by atoms with van der Waals surface area (Å²) < 4.78 is 17.6. The molecule has 0 saturated carbocycles. The zero-order valence-electron chi connectivity index (χ0n) is 17.0. The molecule has 0 saturated heterocycles. The van der Waals surface area contributed by atoms with Crippen molar-refractivity contribution >= 4 is 40.0 Å². The fourth-order valence-electron chi connectivity index (χ4n) is 3.17. The van der Waals surface area contributed by atoms with Crippen molar-refractivity contribution in [3.05, 3.63) is 47.1 Å². The minimum Gasteiger partial charge on any atom is -0.496 e. The summed E-state index contributed by atoms with van der Waals surface area (Å²) in [7, 11) is 6.37. The van der Waals surface area contributed by atoms with E-state index >= 15 is 0 Å². The molecule has 0 aliphatic heterocycles. The second-order valence-corrected chi connectivity index (χ2v) is 6.81. The lowest BCUT2D eigenvalue weighted by Gasteiger charge is -2.10. The zero-order valence-corrected chi connectivity index (χ0v) is 17.8. The van der Waals surface area contributed by atoms with Crippen LogP contribution in [0.25, 0.3) is 10.9 Å². The quantitative estimate of drug-likeness (QED) is 0.599. The Morgan fingerprint density at radius 1 is 0.967 bits per heavy atom. The van der Waals surface area contributed by atoms with Crippen LogP contribution in [0.1, 0.15) is 10.5 Å². The fraction of sp³-hybridized carbons (Fsp3) is 0.238. The molecule has 9 heteroatoms. The van der Waals surface area contributed by atoms with Crippen LogP contribution in [0.3, 0.4) is 0 Å². The standard InChI is InChI=1S/C21H22ClN3O5/c1-25-15(10-13-16(28-2)7-8-18(30-4)20(13)25)21(27)23-11-19(26)24-12-5-6-17(29-3)14(22)9-12/h5-10H,11H2,1-4H3,(H,23,27)(H,24,26). The number of aryl methyl sites for hydroxylation is 1. The van der Waals surface area contributed by atoms with Crippen molar-refractivity contribution in [2.45, 2.75) is 0 Å². The molecule has 1 aromatic heterocycles. The third-order valence-corrected chi connectivity index (χ3v) is 4.93. The van der Waals surface area contributed by atoms with Gasteiger partial charge in [-0.25, -0.2) is 0 Å². The monoisotopic (exact) mass is 431 g/mol. The number of nitrogens with one attached hydrogen (secondary N) is 2. The van der Waals surface area contributed by atoms with Gasteiger partial charge in [-0.2, -0.15) is 0 Å². The molecule has 0 aliphatic carbocycles. The normalized spacial score (nSPS) is 10.6. The lowest BCUT2D eigenvalue weighted by atomic mass is 10.2. The van der Waals surface area contributed by atoms with Gasteiger partial charge >= 0.3 is 0 Å². The number of nitrogens with zero attached hydrogens (tertiary/aromatic N) is 1. The maximum atomic E-state index is 12.7. The van der Waals surface area contributed by atoms with E-state index in [1.165, 1.54) is 7.11 Å². The van der Waals surface area contributed by atoms with Gasteiger partial charge in [0, 0.05) is 18.1 Å². The van der Waals surface area contributed by atoms with Crippen molar-refractivity contribution in [1.29, 1.82) is 0 Å². The Kier molecular flexibility index (Phi) is 6.37. The summed E-state index contributed by atoms with van der Waals surface area (Å²) in [4.78, 5) is 24.9. The molecule has 1 heterocycles. The first-order valence-corrected chi connectivity index (χ1v) is 9.39. The lowest BCUT2D eigenvalue weighted by Crippen LogP contribution is -2.33. The number of rotatable bonds is 7. The van der Waals surface area contributed by atoms with E-state index in [-0.39, 0.29) is 6.54 Å². The van der Waals surface area contributed by atoms with E-state index in [9.17, 15) is 9.59 Å². The summed E-state index contributed by atoms with van der Waals surface area (Å²) in [5, 5.41) is 6.41. The van der Waals surface area contributed by atoms with Crippen LogP contribution >= 0.6 is 11.6 Å². The van der Waals surface area contributed by atoms with Crippen LogP contribution < -0.4 is 24.8 Å². The van der Waals surface area contributed by atoms with Crippen molar-refractivity contribution < 1.29 is 23.8 Å². The molecule has 2 N–H and O–H groups in total. The highest BCUT2D eigenvalue weighted by Gasteiger charge is 2.19. The molecule has 0 aliphatic rings. The van der Waals surface area contributed by atoms with Crippen LogP contribution in [0.5, 0.6) is 17.2 Å². The van der Waals surface area contributed by atoms with Crippen LogP contribution in [-0.2, 0) is 11.8 Å². The fourth-order valence-corrected chi connectivity index (χ4v) is 3.43. The molecule has 0 atom stereocenters. The molecule has 158 valence electrons. The van der Waals surface area contributed by atoms with Crippen LogP contribution in [0.4, 0.5) is 5.69 Å². The Morgan fingerprint density at radius 2 is 1.60 bits per heavy atom. The van der Waals surface area contributed by atoms with Crippen LogP contribution in [0, 0.1) is 0 Å². The Hall–Kier alpha value is -3.39. The summed E-state index contributed by atoms with van der Waals surface area (Å²) in [6.07, 6.45) is 0. The summed E-state index contributed by atoms with van der Waals surface area (Å²) in [5.74, 6) is 0.944. The Labute approximate surface area is 178 Å². The Balaban J connectivity index is 1.73. The van der Waals surface area contributed by atoms with Gasteiger partial charge in [-0.3, -0.25) is 9.59 Å². The SMILES string of the molecule is COc1ccc(NC(=O)CNC(=O)c2cc3c(OC)ccc(OC)c3n2C)cc1Cl. The number of benzene rings is 2. The summed E-state index contributed by atoms with van der Waals surface area (Å²) >= 11 is 6.06. The number of methoxy groups -OCH3 is 3. The number of carbonyl (C=O) groups excluding carboxylic acids is 2. The van der Waals surface area contributed by atoms with E-state index < -0.39 is 11.8 Å². The molecule has 3 aromatic rings. The van der Waals surface area contributed by atoms with Gasteiger partial charge in [0.2, 0.25) is 5.91 Å². The Morgan fingerprint density at radius 3 is 2.23 bits per heavy atom. The van der Waals surface area contributed by atoms with Crippen molar-refractivity contribution in [2.24, 2.45) is 7.05 Å². The van der Waals surface area contributed by atoms with Crippen LogP contribution in [0.2, 0.25) is 5.02 Å². The number of amides is 2. The molecular formula is C21H22ClN3O5. The highest BCUT2D eigenvalue weighted by Crippen LogP contribution is 2.35. The van der Waals surface area contributed by atoms with Gasteiger partial charge in [0.05, 0.1) is 38.4 Å². The van der Waals surface area contributed by atoms with Gasteiger partial charge in [0.1, 0.15) is 22.9 Å². The highest BCUT2D eigenvalue weighted by molar-refractivity contribution is 6.32. The van der Waals surface area contributed by atoms with Gasteiger partial charge in [-0.1, -0.05) is 11.6 Å². The summed E-state index contributed by atoms with van der Waals surface area (Å²) in [6, 6.07) is 10.1. The summed E-state index contributed by atoms with van der Waals surface area (Å²) in [5.41, 5.74) is 1.59. The molecular weight excluding hydrogens is 410 g/mol. The molecule has 0 bridgehead atoms. The van der Waals surface area contributed by atoms with Gasteiger partial charge in [-0.15, -0.1) is 0 Å². The number of hydrogen-bond acceptors (Lipinski definition) is 5. The maximum Gasteiger partial charge on any atom is 0.268 e. The topological polar surface area (TPSA) is 90.8 Å². The minimum atomic E-state index is -0.402. The van der Waals surface area contributed by atoms with Gasteiger partial charge < -0.3 is 29.4 Å². The van der Waals surface area contributed by atoms with Crippen LogP contribution in [0.15, 0.2) is 36.4 Å². The molecule has 0 unspecified atom stereocenters. The molecule has 2 amide bonds. The van der Waals surface area contributed by atoms with Crippen molar-refractivity contribution in [3.63, 3.8) is 0 Å². The first-order valence-electron chi connectivity index (χ1n) is 9.01. The smallest absolute Gasteiger partial charge is 0.268 e. The van der Waals surface area contributed by atoms with E-state index in [2.05, 4.69) is 10.6 Å². The summed E-state index contributed by atoms with van der Waals surface area (Å²) in [6.45, 7) is -0.210. The van der Waals surface area contributed by atoms with Crippen LogP contribution in [-0.4, -0.2) is 44.3 Å². The Bertz CT molecular complexity index is 1110. The van der Waals surface area contributed by atoms with E-state index in [0.29, 0.717) is 33.7 Å². The number of carbonyl (C=O) groups is 2. The minimum absolute atomic E-state index is 0.210. The number of anilines is 1. The highest BCUT2D eigenvalue weighted by atomic mass is 35.5. The average molecular weight is 432 g/mol.